The first-order valence-corrected chi connectivity index (χ1v) is 5.04. The van der Waals surface area contributed by atoms with Crippen molar-refractivity contribution in [2.45, 2.75) is 12.5 Å². The Bertz CT molecular complexity index is 312. The normalized spacial score (nSPS) is 12.5. The zero-order valence-electron chi connectivity index (χ0n) is 7.13. The Kier molecular flexibility index (Phi) is 3.87. The van der Waals surface area contributed by atoms with Gasteiger partial charge in [0.05, 0.1) is 0 Å². The summed E-state index contributed by atoms with van der Waals surface area (Å²) in [5.74, 6) is -0.235. The minimum Gasteiger partial charge on any atom is -0.324 e. The molecule has 0 aromatic heterocycles. The van der Waals surface area contributed by atoms with Crippen molar-refractivity contribution >= 4 is 22.6 Å². The van der Waals surface area contributed by atoms with Crippen LogP contribution in [0.4, 0.5) is 4.39 Å². The average molecular weight is 291 g/mol. The third kappa shape index (κ3) is 2.77. The maximum absolute atomic E-state index is 13.3. The SMILES string of the molecule is C=CC[C@@H](N)c1ccc(I)cc1F. The van der Waals surface area contributed by atoms with Crippen LogP contribution in [-0.4, -0.2) is 0 Å². The topological polar surface area (TPSA) is 26.0 Å². The van der Waals surface area contributed by atoms with Crippen LogP contribution in [0.5, 0.6) is 0 Å². The minimum absolute atomic E-state index is 0.235. The van der Waals surface area contributed by atoms with Gasteiger partial charge in [-0.1, -0.05) is 12.1 Å². The third-order valence-corrected chi connectivity index (χ3v) is 2.45. The summed E-state index contributed by atoms with van der Waals surface area (Å²) < 4.78 is 14.2. The molecule has 0 unspecified atom stereocenters. The number of benzene rings is 1. The molecule has 3 heteroatoms. The predicted octanol–water partition coefficient (Wildman–Crippen LogP) is 3.01. The summed E-state index contributed by atoms with van der Waals surface area (Å²) in [7, 11) is 0. The van der Waals surface area contributed by atoms with Crippen LogP contribution in [-0.2, 0) is 0 Å². The number of hydrogen-bond donors (Lipinski definition) is 1. The van der Waals surface area contributed by atoms with Crippen LogP contribution in [0.25, 0.3) is 0 Å². The van der Waals surface area contributed by atoms with Gasteiger partial charge >= 0.3 is 0 Å². The van der Waals surface area contributed by atoms with E-state index >= 15 is 0 Å². The lowest BCUT2D eigenvalue weighted by Gasteiger charge is -2.10. The molecule has 1 rings (SSSR count). The monoisotopic (exact) mass is 291 g/mol. The van der Waals surface area contributed by atoms with Crippen LogP contribution in [0.3, 0.4) is 0 Å². The second-order valence-corrected chi connectivity index (χ2v) is 4.04. The second-order valence-electron chi connectivity index (χ2n) is 2.80. The maximum atomic E-state index is 13.3. The molecule has 70 valence electrons. The van der Waals surface area contributed by atoms with Crippen molar-refractivity contribution in [1.29, 1.82) is 0 Å². The second kappa shape index (κ2) is 4.72. The van der Waals surface area contributed by atoms with Gasteiger partial charge in [0.2, 0.25) is 0 Å². The first-order chi connectivity index (χ1) is 6.15. The summed E-state index contributed by atoms with van der Waals surface area (Å²) in [6.45, 7) is 3.57. The molecule has 0 heterocycles. The molecular formula is C10H11FIN. The highest BCUT2D eigenvalue weighted by molar-refractivity contribution is 14.1. The van der Waals surface area contributed by atoms with Crippen LogP contribution in [0.1, 0.15) is 18.0 Å². The van der Waals surface area contributed by atoms with E-state index in [9.17, 15) is 4.39 Å². The molecule has 13 heavy (non-hydrogen) atoms. The van der Waals surface area contributed by atoms with E-state index in [-0.39, 0.29) is 11.9 Å². The minimum atomic E-state index is -0.283. The van der Waals surface area contributed by atoms with E-state index in [1.807, 2.05) is 6.07 Å². The summed E-state index contributed by atoms with van der Waals surface area (Å²) in [5.41, 5.74) is 6.30. The molecule has 2 N–H and O–H groups in total. The van der Waals surface area contributed by atoms with Crippen molar-refractivity contribution in [3.05, 3.63) is 45.8 Å². The quantitative estimate of drug-likeness (QED) is 0.672. The smallest absolute Gasteiger partial charge is 0.129 e. The van der Waals surface area contributed by atoms with E-state index in [4.69, 9.17) is 5.73 Å². The summed E-state index contributed by atoms with van der Waals surface area (Å²) in [6, 6.07) is 4.78. The zero-order valence-corrected chi connectivity index (χ0v) is 9.29. The molecule has 0 aliphatic carbocycles. The lowest BCUT2D eigenvalue weighted by molar-refractivity contribution is 0.582. The molecule has 0 bridgehead atoms. The van der Waals surface area contributed by atoms with Crippen molar-refractivity contribution < 1.29 is 4.39 Å². The summed E-state index contributed by atoms with van der Waals surface area (Å²) >= 11 is 2.07. The van der Waals surface area contributed by atoms with E-state index in [2.05, 4.69) is 29.2 Å². The Hall–Kier alpha value is -0.420. The van der Waals surface area contributed by atoms with Gasteiger partial charge in [-0.2, -0.15) is 0 Å². The fraction of sp³-hybridized carbons (Fsp3) is 0.200. The zero-order chi connectivity index (χ0) is 9.84. The molecule has 0 radical (unpaired) electrons. The van der Waals surface area contributed by atoms with Gasteiger partial charge in [-0.15, -0.1) is 6.58 Å². The summed E-state index contributed by atoms with van der Waals surface area (Å²) in [4.78, 5) is 0. The van der Waals surface area contributed by atoms with Crippen LogP contribution in [0, 0.1) is 9.39 Å². The summed E-state index contributed by atoms with van der Waals surface area (Å²) in [5, 5.41) is 0. The van der Waals surface area contributed by atoms with Gasteiger partial charge in [-0.3, -0.25) is 0 Å². The Morgan fingerprint density at radius 2 is 2.31 bits per heavy atom. The van der Waals surface area contributed by atoms with Crippen molar-refractivity contribution in [1.82, 2.24) is 0 Å². The van der Waals surface area contributed by atoms with Crippen LogP contribution in [0.15, 0.2) is 30.9 Å². The molecule has 0 spiro atoms. The fourth-order valence-electron chi connectivity index (χ4n) is 1.11. The number of rotatable bonds is 3. The predicted molar refractivity (Wildman–Crippen MR) is 60.9 cm³/mol. The molecule has 0 aliphatic rings. The highest BCUT2D eigenvalue weighted by Gasteiger charge is 2.09. The average Bonchev–Trinajstić information content (AvgIpc) is 2.04. The first-order valence-electron chi connectivity index (χ1n) is 3.96. The van der Waals surface area contributed by atoms with Crippen LogP contribution >= 0.6 is 22.6 Å². The van der Waals surface area contributed by atoms with Crippen LogP contribution < -0.4 is 5.73 Å². The molecule has 1 atom stereocenters. The molecule has 0 aliphatic heterocycles. The van der Waals surface area contributed by atoms with Gasteiger partial charge in [0.1, 0.15) is 5.82 Å². The number of hydrogen-bond acceptors (Lipinski definition) is 1. The molecule has 0 saturated heterocycles. The van der Waals surface area contributed by atoms with Gasteiger partial charge in [0.25, 0.3) is 0 Å². The molecule has 0 saturated carbocycles. The number of halogens is 2. The van der Waals surface area contributed by atoms with Crippen molar-refractivity contribution in [3.8, 4) is 0 Å². The molecule has 0 fully saturated rings. The lowest BCUT2D eigenvalue weighted by Crippen LogP contribution is -2.11. The standard InChI is InChI=1S/C10H11FIN/c1-2-3-10(13)8-5-4-7(12)6-9(8)11/h2,4-6,10H,1,3,13H2/t10-/m1/s1. The van der Waals surface area contributed by atoms with Gasteiger partial charge in [0, 0.05) is 15.2 Å². The van der Waals surface area contributed by atoms with Gasteiger partial charge in [-0.25, -0.2) is 4.39 Å². The highest BCUT2D eigenvalue weighted by atomic mass is 127. The Labute approximate surface area is 91.0 Å². The molecule has 1 nitrogen and oxygen atoms in total. The van der Waals surface area contributed by atoms with Crippen molar-refractivity contribution in [3.63, 3.8) is 0 Å². The van der Waals surface area contributed by atoms with E-state index in [1.165, 1.54) is 6.07 Å². The molecule has 1 aromatic rings. The molecular weight excluding hydrogens is 280 g/mol. The van der Waals surface area contributed by atoms with Crippen LogP contribution in [0.2, 0.25) is 0 Å². The van der Waals surface area contributed by atoms with Gasteiger partial charge < -0.3 is 5.73 Å². The molecule has 0 amide bonds. The third-order valence-electron chi connectivity index (χ3n) is 1.78. The highest BCUT2D eigenvalue weighted by Crippen LogP contribution is 2.19. The summed E-state index contributed by atoms with van der Waals surface area (Å²) in [6.07, 6.45) is 2.29. The Morgan fingerprint density at radius 3 is 2.85 bits per heavy atom. The maximum Gasteiger partial charge on any atom is 0.129 e. The molecule has 1 aromatic carbocycles. The Balaban J connectivity index is 2.94. The fourth-order valence-corrected chi connectivity index (χ4v) is 1.56. The van der Waals surface area contributed by atoms with Crippen molar-refractivity contribution in [2.75, 3.05) is 0 Å². The van der Waals surface area contributed by atoms with E-state index < -0.39 is 0 Å². The van der Waals surface area contributed by atoms with E-state index in [1.54, 1.807) is 12.1 Å². The van der Waals surface area contributed by atoms with E-state index in [0.717, 1.165) is 3.57 Å². The number of nitrogens with two attached hydrogens (primary N) is 1. The first kappa shape index (κ1) is 10.7. The van der Waals surface area contributed by atoms with Gasteiger partial charge in [0.15, 0.2) is 0 Å². The Morgan fingerprint density at radius 1 is 1.62 bits per heavy atom. The van der Waals surface area contributed by atoms with Crippen molar-refractivity contribution in [2.24, 2.45) is 5.73 Å². The van der Waals surface area contributed by atoms with E-state index in [0.29, 0.717) is 12.0 Å². The lowest BCUT2D eigenvalue weighted by atomic mass is 10.0. The largest absolute Gasteiger partial charge is 0.324 e. The van der Waals surface area contributed by atoms with Gasteiger partial charge in [-0.05, 0) is 41.1 Å².